The van der Waals surface area contributed by atoms with Crippen molar-refractivity contribution in [2.75, 3.05) is 12.4 Å². The molecule has 4 rings (SSSR count). The molecule has 0 saturated carbocycles. The van der Waals surface area contributed by atoms with Gasteiger partial charge in [0.15, 0.2) is 11.5 Å². The van der Waals surface area contributed by atoms with Gasteiger partial charge in [0.1, 0.15) is 5.75 Å². The van der Waals surface area contributed by atoms with Crippen LogP contribution in [0.15, 0.2) is 47.1 Å². The second kappa shape index (κ2) is 7.87. The second-order valence-electron chi connectivity index (χ2n) is 7.19. The summed E-state index contributed by atoms with van der Waals surface area (Å²) >= 11 is 0. The minimum Gasteiger partial charge on any atom is -0.497 e. The number of anilines is 1. The van der Waals surface area contributed by atoms with Crippen LogP contribution < -0.4 is 10.1 Å². The van der Waals surface area contributed by atoms with Crippen LogP contribution in [0, 0.1) is 6.92 Å². The van der Waals surface area contributed by atoms with Gasteiger partial charge in [0.05, 0.1) is 18.4 Å². The molecule has 0 saturated heterocycles. The van der Waals surface area contributed by atoms with Crippen molar-refractivity contribution in [2.45, 2.75) is 33.2 Å². The molecule has 0 unspecified atom stereocenters. The van der Waals surface area contributed by atoms with Crippen molar-refractivity contribution in [3.05, 3.63) is 59.7 Å². The lowest BCUT2D eigenvalue weighted by atomic mass is 10.1. The Labute approximate surface area is 169 Å². The maximum Gasteiger partial charge on any atom is 0.261 e. The number of pyridine rings is 2. The van der Waals surface area contributed by atoms with Gasteiger partial charge in [-0.25, -0.2) is 9.97 Å². The first kappa shape index (κ1) is 18.9. The maximum atomic E-state index is 5.53. The van der Waals surface area contributed by atoms with Gasteiger partial charge in [-0.05, 0) is 36.8 Å². The van der Waals surface area contributed by atoms with E-state index in [0.717, 1.165) is 33.6 Å². The molecule has 0 amide bonds. The van der Waals surface area contributed by atoms with Crippen LogP contribution in [0.3, 0.4) is 0 Å². The summed E-state index contributed by atoms with van der Waals surface area (Å²) in [7, 11) is 1.66. The highest BCUT2D eigenvalue weighted by Gasteiger charge is 2.18. The van der Waals surface area contributed by atoms with E-state index >= 15 is 0 Å². The smallest absolute Gasteiger partial charge is 0.261 e. The quantitative estimate of drug-likeness (QED) is 0.510. The van der Waals surface area contributed by atoms with E-state index in [-0.39, 0.29) is 5.92 Å². The molecule has 0 radical (unpaired) electrons. The van der Waals surface area contributed by atoms with Crippen molar-refractivity contribution in [3.63, 3.8) is 0 Å². The van der Waals surface area contributed by atoms with Crippen LogP contribution in [0.1, 0.15) is 36.8 Å². The van der Waals surface area contributed by atoms with Crippen molar-refractivity contribution >= 4 is 16.7 Å². The van der Waals surface area contributed by atoms with E-state index in [1.54, 1.807) is 13.3 Å². The summed E-state index contributed by atoms with van der Waals surface area (Å²) in [5, 5.41) is 8.51. The van der Waals surface area contributed by atoms with Crippen LogP contribution in [0.5, 0.6) is 5.75 Å². The summed E-state index contributed by atoms with van der Waals surface area (Å²) in [5.41, 5.74) is 4.30. The highest BCUT2D eigenvalue weighted by molar-refractivity contribution is 5.96. The maximum absolute atomic E-state index is 5.53. The van der Waals surface area contributed by atoms with E-state index in [9.17, 15) is 0 Å². The van der Waals surface area contributed by atoms with Crippen molar-refractivity contribution < 1.29 is 9.26 Å². The average molecular weight is 389 g/mol. The number of aromatic nitrogens is 4. The fourth-order valence-corrected chi connectivity index (χ4v) is 3.08. The Morgan fingerprint density at radius 1 is 1.14 bits per heavy atom. The summed E-state index contributed by atoms with van der Waals surface area (Å²) in [4.78, 5) is 13.6. The van der Waals surface area contributed by atoms with Gasteiger partial charge in [0.2, 0.25) is 0 Å². The Hall–Kier alpha value is -3.48. The molecule has 4 aromatic rings. The molecule has 0 aliphatic carbocycles. The average Bonchev–Trinajstić information content (AvgIpc) is 3.22. The Kier molecular flexibility index (Phi) is 5.12. The molecule has 148 valence electrons. The zero-order valence-corrected chi connectivity index (χ0v) is 16.9. The number of nitrogens with zero attached hydrogens (tertiary/aromatic N) is 4. The van der Waals surface area contributed by atoms with Crippen LogP contribution >= 0.6 is 0 Å². The summed E-state index contributed by atoms with van der Waals surface area (Å²) in [6.45, 7) is 6.61. The molecule has 1 N–H and O–H groups in total. The first-order chi connectivity index (χ1) is 14.0. The summed E-state index contributed by atoms with van der Waals surface area (Å²) in [5.74, 6) is 2.11. The normalized spacial score (nSPS) is 11.2. The summed E-state index contributed by atoms with van der Waals surface area (Å²) in [6.07, 6.45) is 1.74. The lowest BCUT2D eigenvalue weighted by molar-refractivity contribution is 0.414. The van der Waals surface area contributed by atoms with E-state index in [1.165, 1.54) is 0 Å². The standard InChI is InChI=1S/C22H23N5O2/c1-13(2)20-26-22(29-27-20)18-12-24-21-17(9-8-14(3)25-21)19(18)23-11-15-6-5-7-16(10-15)28-4/h5-10,12-13H,11H2,1-4H3,(H,23,24,25). The van der Waals surface area contributed by atoms with Gasteiger partial charge < -0.3 is 14.6 Å². The van der Waals surface area contributed by atoms with Crippen molar-refractivity contribution in [1.29, 1.82) is 0 Å². The Morgan fingerprint density at radius 3 is 2.76 bits per heavy atom. The Balaban J connectivity index is 1.77. The zero-order chi connectivity index (χ0) is 20.4. The molecule has 7 nitrogen and oxygen atoms in total. The number of methoxy groups -OCH3 is 1. The predicted octanol–water partition coefficient (Wildman–Crippen LogP) is 4.73. The number of hydrogen-bond acceptors (Lipinski definition) is 7. The van der Waals surface area contributed by atoms with E-state index in [4.69, 9.17) is 9.26 Å². The van der Waals surface area contributed by atoms with E-state index in [1.807, 2.05) is 57.2 Å². The van der Waals surface area contributed by atoms with Gasteiger partial charge in [-0.3, -0.25) is 0 Å². The van der Waals surface area contributed by atoms with Crippen LogP contribution in [0.25, 0.3) is 22.5 Å². The van der Waals surface area contributed by atoms with Gasteiger partial charge in [-0.1, -0.05) is 31.1 Å². The molecule has 0 spiro atoms. The Morgan fingerprint density at radius 2 is 2.00 bits per heavy atom. The third kappa shape index (κ3) is 3.89. The minimum absolute atomic E-state index is 0.179. The number of benzene rings is 1. The first-order valence-electron chi connectivity index (χ1n) is 9.52. The molecule has 0 bridgehead atoms. The van der Waals surface area contributed by atoms with E-state index < -0.39 is 0 Å². The monoisotopic (exact) mass is 389 g/mol. The number of hydrogen-bond donors (Lipinski definition) is 1. The molecule has 3 heterocycles. The molecule has 0 aliphatic rings. The van der Waals surface area contributed by atoms with Crippen molar-refractivity contribution in [2.24, 2.45) is 0 Å². The number of rotatable bonds is 6. The SMILES string of the molecule is COc1cccc(CNc2c(-c3nc(C(C)C)no3)cnc3nc(C)ccc23)c1. The van der Waals surface area contributed by atoms with E-state index in [0.29, 0.717) is 23.9 Å². The molecular weight excluding hydrogens is 366 g/mol. The highest BCUT2D eigenvalue weighted by atomic mass is 16.5. The van der Waals surface area contributed by atoms with Crippen molar-refractivity contribution in [3.8, 4) is 17.2 Å². The van der Waals surface area contributed by atoms with Gasteiger partial charge >= 0.3 is 0 Å². The molecule has 29 heavy (non-hydrogen) atoms. The van der Waals surface area contributed by atoms with Crippen molar-refractivity contribution in [1.82, 2.24) is 20.1 Å². The number of aryl methyl sites for hydroxylation is 1. The summed E-state index contributed by atoms with van der Waals surface area (Å²) in [6, 6.07) is 11.9. The highest BCUT2D eigenvalue weighted by Crippen LogP contribution is 2.33. The number of fused-ring (bicyclic) bond motifs is 1. The predicted molar refractivity (Wildman–Crippen MR) is 112 cm³/mol. The Bertz CT molecular complexity index is 1150. The fraction of sp³-hybridized carbons (Fsp3) is 0.273. The van der Waals surface area contributed by atoms with Crippen LogP contribution in [-0.4, -0.2) is 27.2 Å². The number of nitrogens with one attached hydrogen (secondary N) is 1. The molecule has 3 aromatic heterocycles. The fourth-order valence-electron chi connectivity index (χ4n) is 3.08. The molecule has 0 fully saturated rings. The van der Waals surface area contributed by atoms with Crippen LogP contribution in [0.2, 0.25) is 0 Å². The molecule has 0 aliphatic heterocycles. The molecule has 7 heteroatoms. The zero-order valence-electron chi connectivity index (χ0n) is 16.9. The third-order valence-corrected chi connectivity index (χ3v) is 4.66. The topological polar surface area (TPSA) is 86.0 Å². The molecule has 1 aromatic carbocycles. The van der Waals surface area contributed by atoms with Crippen LogP contribution in [0.4, 0.5) is 5.69 Å². The number of ether oxygens (including phenoxy) is 1. The lowest BCUT2D eigenvalue weighted by Gasteiger charge is -2.13. The minimum atomic E-state index is 0.179. The largest absolute Gasteiger partial charge is 0.497 e. The van der Waals surface area contributed by atoms with Crippen LogP contribution in [-0.2, 0) is 6.54 Å². The molecule has 0 atom stereocenters. The van der Waals surface area contributed by atoms with Gasteiger partial charge in [-0.15, -0.1) is 0 Å². The van der Waals surface area contributed by atoms with Gasteiger partial charge in [-0.2, -0.15) is 4.98 Å². The first-order valence-corrected chi connectivity index (χ1v) is 9.52. The van der Waals surface area contributed by atoms with Gasteiger partial charge in [0, 0.05) is 29.7 Å². The molecular formula is C22H23N5O2. The van der Waals surface area contributed by atoms with E-state index in [2.05, 4.69) is 25.4 Å². The lowest BCUT2D eigenvalue weighted by Crippen LogP contribution is -2.04. The third-order valence-electron chi connectivity index (χ3n) is 4.66. The second-order valence-corrected chi connectivity index (χ2v) is 7.19. The summed E-state index contributed by atoms with van der Waals surface area (Å²) < 4.78 is 10.9. The van der Waals surface area contributed by atoms with Gasteiger partial charge in [0.25, 0.3) is 5.89 Å².